The van der Waals surface area contributed by atoms with Crippen LogP contribution in [0.15, 0.2) is 24.3 Å². The highest BCUT2D eigenvalue weighted by molar-refractivity contribution is 5.89. The van der Waals surface area contributed by atoms with Gasteiger partial charge in [0.15, 0.2) is 0 Å². The Labute approximate surface area is 156 Å². The maximum absolute atomic E-state index is 12.2. The van der Waals surface area contributed by atoms with Crippen molar-refractivity contribution in [3.8, 4) is 0 Å². The first-order valence-electron chi connectivity index (χ1n) is 9.50. The molecule has 0 spiro atoms. The largest absolute Gasteiger partial charge is 0.369 e. The first-order chi connectivity index (χ1) is 12.5. The molecule has 0 aliphatic carbocycles. The van der Waals surface area contributed by atoms with Crippen molar-refractivity contribution in [3.05, 3.63) is 29.8 Å². The topological polar surface area (TPSA) is 70.7 Å². The van der Waals surface area contributed by atoms with Crippen molar-refractivity contribution in [1.82, 2.24) is 10.2 Å². The summed E-state index contributed by atoms with van der Waals surface area (Å²) in [6, 6.07) is 7.49. The zero-order valence-corrected chi connectivity index (χ0v) is 16.1. The summed E-state index contributed by atoms with van der Waals surface area (Å²) in [7, 11) is 0. The van der Waals surface area contributed by atoms with E-state index in [4.69, 9.17) is 4.74 Å². The van der Waals surface area contributed by atoms with Crippen molar-refractivity contribution in [2.75, 3.05) is 25.0 Å². The number of nitrogens with zero attached hydrogens (tertiary/aromatic N) is 1. The number of carbonyl (C=O) groups is 2. The SMILES string of the molecule is CC(C)CCOC(C)C(=O)NCc1cccc(NC(=O)N2CCCC2)c1. The van der Waals surface area contributed by atoms with Crippen molar-refractivity contribution < 1.29 is 14.3 Å². The third-order valence-electron chi connectivity index (χ3n) is 4.47. The molecule has 6 nitrogen and oxygen atoms in total. The summed E-state index contributed by atoms with van der Waals surface area (Å²) in [5.41, 5.74) is 1.68. The van der Waals surface area contributed by atoms with Gasteiger partial charge in [-0.3, -0.25) is 4.79 Å². The highest BCUT2D eigenvalue weighted by atomic mass is 16.5. The molecule has 1 saturated heterocycles. The molecule has 0 aromatic heterocycles. The molecule has 6 heteroatoms. The third-order valence-corrected chi connectivity index (χ3v) is 4.47. The molecule has 1 aromatic rings. The number of urea groups is 1. The van der Waals surface area contributed by atoms with Crippen molar-refractivity contribution in [1.29, 1.82) is 0 Å². The maximum atomic E-state index is 12.2. The van der Waals surface area contributed by atoms with Gasteiger partial charge in [-0.15, -0.1) is 0 Å². The molecule has 1 aromatic carbocycles. The Kier molecular flexibility index (Phi) is 7.91. The quantitative estimate of drug-likeness (QED) is 0.746. The number of anilines is 1. The molecule has 0 radical (unpaired) electrons. The summed E-state index contributed by atoms with van der Waals surface area (Å²) >= 11 is 0. The molecular weight excluding hydrogens is 330 g/mol. The summed E-state index contributed by atoms with van der Waals surface area (Å²) in [6.45, 7) is 8.65. The molecule has 1 fully saturated rings. The smallest absolute Gasteiger partial charge is 0.321 e. The minimum Gasteiger partial charge on any atom is -0.369 e. The van der Waals surface area contributed by atoms with Crippen LogP contribution in [0.3, 0.4) is 0 Å². The molecule has 3 amide bonds. The van der Waals surface area contributed by atoms with Crippen LogP contribution >= 0.6 is 0 Å². The van der Waals surface area contributed by atoms with E-state index in [-0.39, 0.29) is 11.9 Å². The third kappa shape index (κ3) is 6.67. The lowest BCUT2D eigenvalue weighted by Crippen LogP contribution is -2.34. The van der Waals surface area contributed by atoms with Gasteiger partial charge >= 0.3 is 6.03 Å². The second-order valence-corrected chi connectivity index (χ2v) is 7.24. The highest BCUT2D eigenvalue weighted by Crippen LogP contribution is 2.14. The van der Waals surface area contributed by atoms with Crippen molar-refractivity contribution >= 4 is 17.6 Å². The van der Waals surface area contributed by atoms with E-state index >= 15 is 0 Å². The summed E-state index contributed by atoms with van der Waals surface area (Å²) in [5.74, 6) is 0.434. The Bertz CT molecular complexity index is 598. The number of hydrogen-bond donors (Lipinski definition) is 2. The van der Waals surface area contributed by atoms with Gasteiger partial charge < -0.3 is 20.3 Å². The van der Waals surface area contributed by atoms with E-state index < -0.39 is 6.10 Å². The molecule has 144 valence electrons. The van der Waals surface area contributed by atoms with Gasteiger partial charge in [-0.2, -0.15) is 0 Å². The standard InChI is InChI=1S/C20H31N3O3/c1-15(2)9-12-26-16(3)19(24)21-14-17-7-6-8-18(13-17)22-20(25)23-10-4-5-11-23/h6-8,13,15-16H,4-5,9-12,14H2,1-3H3,(H,21,24)(H,22,25). The van der Waals surface area contributed by atoms with Crippen LogP contribution in [-0.4, -0.2) is 42.6 Å². The van der Waals surface area contributed by atoms with Crippen LogP contribution in [-0.2, 0) is 16.1 Å². The van der Waals surface area contributed by atoms with E-state index in [1.165, 1.54) is 0 Å². The molecule has 1 atom stereocenters. The number of benzene rings is 1. The summed E-state index contributed by atoms with van der Waals surface area (Å²) in [4.78, 5) is 26.1. The number of likely N-dealkylation sites (tertiary alicyclic amines) is 1. The number of ether oxygens (including phenoxy) is 1. The number of nitrogens with one attached hydrogen (secondary N) is 2. The summed E-state index contributed by atoms with van der Waals surface area (Å²) < 4.78 is 5.56. The fourth-order valence-corrected chi connectivity index (χ4v) is 2.77. The van der Waals surface area contributed by atoms with Crippen LogP contribution in [0.25, 0.3) is 0 Å². The van der Waals surface area contributed by atoms with Crippen LogP contribution in [0.4, 0.5) is 10.5 Å². The predicted molar refractivity (Wildman–Crippen MR) is 103 cm³/mol. The molecular formula is C20H31N3O3. The molecule has 2 N–H and O–H groups in total. The van der Waals surface area contributed by atoms with Crippen molar-refractivity contribution in [3.63, 3.8) is 0 Å². The Morgan fingerprint density at radius 3 is 2.62 bits per heavy atom. The molecule has 0 bridgehead atoms. The molecule has 1 heterocycles. The van der Waals surface area contributed by atoms with Crippen LogP contribution < -0.4 is 10.6 Å². The Balaban J connectivity index is 1.78. The van der Waals surface area contributed by atoms with Gasteiger partial charge in [0.25, 0.3) is 0 Å². The average Bonchev–Trinajstić information content (AvgIpc) is 3.14. The number of carbonyl (C=O) groups excluding carboxylic acids is 2. The lowest BCUT2D eigenvalue weighted by Gasteiger charge is -2.17. The minimum atomic E-state index is -0.466. The second-order valence-electron chi connectivity index (χ2n) is 7.24. The van der Waals surface area contributed by atoms with E-state index in [1.807, 2.05) is 29.2 Å². The predicted octanol–water partition coefficient (Wildman–Crippen LogP) is 3.38. The van der Waals surface area contributed by atoms with E-state index in [0.29, 0.717) is 19.1 Å². The second kappa shape index (κ2) is 10.2. The van der Waals surface area contributed by atoms with Crippen LogP contribution in [0.1, 0.15) is 45.6 Å². The van der Waals surface area contributed by atoms with Gasteiger partial charge in [-0.05, 0) is 49.8 Å². The summed E-state index contributed by atoms with van der Waals surface area (Å²) in [6.07, 6.45) is 2.61. The lowest BCUT2D eigenvalue weighted by atomic mass is 10.1. The van der Waals surface area contributed by atoms with E-state index in [1.54, 1.807) is 6.92 Å². The first-order valence-corrected chi connectivity index (χ1v) is 9.50. The molecule has 1 unspecified atom stereocenters. The lowest BCUT2D eigenvalue weighted by molar-refractivity contribution is -0.132. The van der Waals surface area contributed by atoms with Crippen LogP contribution in [0, 0.1) is 5.92 Å². The number of amides is 3. The first kappa shape index (κ1) is 20.2. The average molecular weight is 361 g/mol. The maximum Gasteiger partial charge on any atom is 0.321 e. The fourth-order valence-electron chi connectivity index (χ4n) is 2.77. The van der Waals surface area contributed by atoms with Gasteiger partial charge in [0.1, 0.15) is 6.10 Å². The van der Waals surface area contributed by atoms with Crippen molar-refractivity contribution in [2.24, 2.45) is 5.92 Å². The van der Waals surface area contributed by atoms with E-state index in [0.717, 1.165) is 43.6 Å². The molecule has 1 aliphatic rings. The van der Waals surface area contributed by atoms with Gasteiger partial charge in [-0.1, -0.05) is 26.0 Å². The van der Waals surface area contributed by atoms with Gasteiger partial charge in [0, 0.05) is 31.9 Å². The zero-order chi connectivity index (χ0) is 18.9. The summed E-state index contributed by atoms with van der Waals surface area (Å²) in [5, 5.41) is 5.81. The van der Waals surface area contributed by atoms with E-state index in [9.17, 15) is 9.59 Å². The molecule has 1 aliphatic heterocycles. The molecule has 2 rings (SSSR count). The van der Waals surface area contributed by atoms with Crippen LogP contribution in [0.2, 0.25) is 0 Å². The Morgan fingerprint density at radius 1 is 1.19 bits per heavy atom. The highest BCUT2D eigenvalue weighted by Gasteiger charge is 2.18. The molecule has 0 saturated carbocycles. The zero-order valence-electron chi connectivity index (χ0n) is 16.1. The van der Waals surface area contributed by atoms with Gasteiger partial charge in [0.05, 0.1) is 0 Å². The normalized spacial score (nSPS) is 15.2. The number of hydrogen-bond acceptors (Lipinski definition) is 3. The van der Waals surface area contributed by atoms with Crippen molar-refractivity contribution in [2.45, 2.75) is 52.7 Å². The Morgan fingerprint density at radius 2 is 1.92 bits per heavy atom. The number of rotatable bonds is 8. The minimum absolute atomic E-state index is 0.0594. The monoisotopic (exact) mass is 361 g/mol. The Hall–Kier alpha value is -2.08. The molecule has 26 heavy (non-hydrogen) atoms. The van der Waals surface area contributed by atoms with Gasteiger partial charge in [-0.25, -0.2) is 4.79 Å². The fraction of sp³-hybridized carbons (Fsp3) is 0.600. The van der Waals surface area contributed by atoms with E-state index in [2.05, 4.69) is 24.5 Å². The van der Waals surface area contributed by atoms with Crippen LogP contribution in [0.5, 0.6) is 0 Å². The van der Waals surface area contributed by atoms with Gasteiger partial charge in [0.2, 0.25) is 5.91 Å².